The number of nitrogens with zero attached hydrogens (tertiary/aromatic N) is 1. The minimum Gasteiger partial charge on any atom is -0.356 e. The first kappa shape index (κ1) is 24.0. The number of carbonyl (C=O) groups excluding carboxylic acids is 2. The van der Waals surface area contributed by atoms with E-state index in [0.29, 0.717) is 6.54 Å². The molecule has 34 heavy (non-hydrogen) atoms. The van der Waals surface area contributed by atoms with Gasteiger partial charge in [0.25, 0.3) is 11.5 Å². The van der Waals surface area contributed by atoms with Crippen LogP contribution in [0.3, 0.4) is 0 Å². The smallest absolute Gasteiger partial charge is 0.356 e. The number of amides is 3. The Kier molecular flexibility index (Phi) is 6.28. The minimum atomic E-state index is -4.99. The van der Waals surface area contributed by atoms with Gasteiger partial charge in [-0.05, 0) is 30.5 Å². The van der Waals surface area contributed by atoms with E-state index < -0.39 is 29.0 Å². The highest BCUT2D eigenvalue weighted by Crippen LogP contribution is 2.45. The summed E-state index contributed by atoms with van der Waals surface area (Å²) in [6, 6.07) is 12.4. The van der Waals surface area contributed by atoms with Crippen molar-refractivity contribution in [2.24, 2.45) is 0 Å². The number of hydrogen-bond acceptors (Lipinski definition) is 3. The average Bonchev–Trinajstić information content (AvgIpc) is 2.81. The van der Waals surface area contributed by atoms with Gasteiger partial charge in [0, 0.05) is 38.2 Å². The summed E-state index contributed by atoms with van der Waals surface area (Å²) in [6.07, 6.45) is -4.52. The Hall–Kier alpha value is -3.14. The van der Waals surface area contributed by atoms with Crippen LogP contribution in [0.25, 0.3) is 0 Å². The Balaban J connectivity index is 1.61. The molecule has 2 aliphatic heterocycles. The molecule has 2 aromatic rings. The fourth-order valence-electron chi connectivity index (χ4n) is 5.09. The maximum Gasteiger partial charge on any atom is 0.430 e. The predicted octanol–water partition coefficient (Wildman–Crippen LogP) is 3.69. The van der Waals surface area contributed by atoms with Gasteiger partial charge in [-0.2, -0.15) is 13.2 Å². The van der Waals surface area contributed by atoms with Crippen LogP contribution in [0.4, 0.5) is 22.4 Å². The second-order valence-electron chi connectivity index (χ2n) is 8.64. The second-order valence-corrected chi connectivity index (χ2v) is 8.64. The Morgan fingerprint density at radius 2 is 1.68 bits per heavy atom. The number of urea groups is 1. The van der Waals surface area contributed by atoms with Crippen molar-refractivity contribution in [3.63, 3.8) is 0 Å². The largest absolute Gasteiger partial charge is 0.430 e. The van der Waals surface area contributed by atoms with E-state index in [0.717, 1.165) is 17.6 Å². The first-order valence-electron chi connectivity index (χ1n) is 10.9. The third-order valence-electron chi connectivity index (χ3n) is 6.90. The molecule has 6 nitrogen and oxygen atoms in total. The minimum absolute atomic E-state index is 0.00910. The molecule has 2 saturated heterocycles. The first-order chi connectivity index (χ1) is 16.1. The van der Waals surface area contributed by atoms with E-state index >= 15 is 0 Å². The van der Waals surface area contributed by atoms with E-state index in [9.17, 15) is 27.2 Å². The first-order valence-corrected chi connectivity index (χ1v) is 10.9. The molecule has 2 atom stereocenters. The SMILES string of the molecule is CO[C@@](C(=O)N1CCC2(CC1)NC(=O)NCC2c1ccc(F)cc1)(c1ccccc1)C(F)(F)F. The van der Waals surface area contributed by atoms with Crippen molar-refractivity contribution in [1.29, 1.82) is 0 Å². The third-order valence-corrected chi connectivity index (χ3v) is 6.90. The van der Waals surface area contributed by atoms with Crippen LogP contribution in [-0.4, -0.2) is 55.3 Å². The molecule has 3 amide bonds. The highest BCUT2D eigenvalue weighted by Gasteiger charge is 2.64. The summed E-state index contributed by atoms with van der Waals surface area (Å²) in [5, 5.41) is 5.67. The zero-order valence-electron chi connectivity index (χ0n) is 18.5. The van der Waals surface area contributed by atoms with Gasteiger partial charge in [0.05, 0.1) is 5.54 Å². The van der Waals surface area contributed by atoms with Crippen LogP contribution in [-0.2, 0) is 15.1 Å². The molecule has 0 saturated carbocycles. The third kappa shape index (κ3) is 4.00. The van der Waals surface area contributed by atoms with Gasteiger partial charge in [-0.1, -0.05) is 42.5 Å². The Morgan fingerprint density at radius 1 is 1.06 bits per heavy atom. The van der Waals surface area contributed by atoms with Crippen LogP contribution in [0.1, 0.15) is 29.9 Å². The molecule has 2 aliphatic rings. The molecular weight excluding hydrogens is 454 g/mol. The lowest BCUT2D eigenvalue weighted by atomic mass is 9.71. The number of likely N-dealkylation sites (tertiary alicyclic amines) is 1. The molecule has 1 spiro atoms. The zero-order chi connectivity index (χ0) is 24.6. The van der Waals surface area contributed by atoms with Crippen molar-refractivity contribution in [3.8, 4) is 0 Å². The standard InChI is InChI=1S/C24H25F4N3O3/c1-34-23(24(26,27)28,17-5-3-2-4-6-17)20(32)31-13-11-22(12-14-31)19(15-29-21(33)30-22)16-7-9-18(25)10-8-16/h2-10,19H,11-15H2,1H3,(H2,29,30,33)/t19?,23-/m1/s1. The molecule has 0 aliphatic carbocycles. The van der Waals surface area contributed by atoms with E-state index in [1.807, 2.05) is 0 Å². The molecule has 2 N–H and O–H groups in total. The van der Waals surface area contributed by atoms with E-state index in [2.05, 4.69) is 10.6 Å². The maximum absolute atomic E-state index is 14.3. The van der Waals surface area contributed by atoms with Crippen molar-refractivity contribution in [1.82, 2.24) is 15.5 Å². The number of carbonyl (C=O) groups is 2. The molecule has 182 valence electrons. The number of benzene rings is 2. The van der Waals surface area contributed by atoms with Crippen LogP contribution in [0.2, 0.25) is 0 Å². The summed E-state index contributed by atoms with van der Waals surface area (Å²) in [4.78, 5) is 26.7. The van der Waals surface area contributed by atoms with Crippen LogP contribution in [0, 0.1) is 5.82 Å². The monoisotopic (exact) mass is 479 g/mol. The van der Waals surface area contributed by atoms with Gasteiger partial charge >= 0.3 is 12.2 Å². The molecular formula is C24H25F4N3O3. The van der Waals surface area contributed by atoms with E-state index in [1.54, 1.807) is 18.2 Å². The summed E-state index contributed by atoms with van der Waals surface area (Å²) in [6.45, 7) is 0.273. The van der Waals surface area contributed by atoms with Crippen molar-refractivity contribution in [2.45, 2.75) is 36.1 Å². The molecule has 1 unspecified atom stereocenters. The zero-order valence-corrected chi connectivity index (χ0v) is 18.5. The Labute approximate surface area is 194 Å². The molecule has 2 heterocycles. The molecule has 2 aromatic carbocycles. The topological polar surface area (TPSA) is 70.7 Å². The van der Waals surface area contributed by atoms with E-state index in [4.69, 9.17) is 4.74 Å². The molecule has 4 rings (SSSR count). The lowest BCUT2D eigenvalue weighted by molar-refractivity contribution is -0.270. The predicted molar refractivity (Wildman–Crippen MR) is 115 cm³/mol. The van der Waals surface area contributed by atoms with Gasteiger partial charge in [-0.3, -0.25) is 4.79 Å². The lowest BCUT2D eigenvalue weighted by Crippen LogP contribution is -2.67. The van der Waals surface area contributed by atoms with Crippen molar-refractivity contribution in [3.05, 3.63) is 71.5 Å². The van der Waals surface area contributed by atoms with E-state index in [-0.39, 0.29) is 43.4 Å². The highest BCUT2D eigenvalue weighted by molar-refractivity contribution is 5.88. The van der Waals surface area contributed by atoms with Crippen LogP contribution in [0.5, 0.6) is 0 Å². The van der Waals surface area contributed by atoms with Crippen molar-refractivity contribution in [2.75, 3.05) is 26.7 Å². The number of nitrogens with one attached hydrogen (secondary N) is 2. The maximum atomic E-state index is 14.3. The molecule has 10 heteroatoms. The summed E-state index contributed by atoms with van der Waals surface area (Å²) in [5.41, 5.74) is -3.42. The number of halogens is 4. The quantitative estimate of drug-likeness (QED) is 0.658. The molecule has 0 aromatic heterocycles. The molecule has 2 fully saturated rings. The van der Waals surface area contributed by atoms with Gasteiger partial charge in [0.2, 0.25) is 0 Å². The average molecular weight is 479 g/mol. The number of piperidine rings is 1. The van der Waals surface area contributed by atoms with Gasteiger partial charge in [0.1, 0.15) is 5.82 Å². The summed E-state index contributed by atoms with van der Waals surface area (Å²) in [7, 11) is 0.876. The van der Waals surface area contributed by atoms with Crippen LogP contribution >= 0.6 is 0 Å². The van der Waals surface area contributed by atoms with Gasteiger partial charge in [0.15, 0.2) is 0 Å². The van der Waals surface area contributed by atoms with Crippen LogP contribution in [0.15, 0.2) is 54.6 Å². The number of alkyl halides is 3. The van der Waals surface area contributed by atoms with Gasteiger partial charge < -0.3 is 20.3 Å². The lowest BCUT2D eigenvalue weighted by Gasteiger charge is -2.50. The van der Waals surface area contributed by atoms with E-state index in [1.165, 1.54) is 36.4 Å². The number of methoxy groups -OCH3 is 1. The second kappa shape index (κ2) is 8.90. The number of ether oxygens (including phenoxy) is 1. The van der Waals surface area contributed by atoms with Crippen molar-refractivity contribution < 1.29 is 31.9 Å². The van der Waals surface area contributed by atoms with Gasteiger partial charge in [-0.15, -0.1) is 0 Å². The summed E-state index contributed by atoms with van der Waals surface area (Å²) >= 11 is 0. The highest BCUT2D eigenvalue weighted by atomic mass is 19.4. The molecule has 0 bridgehead atoms. The van der Waals surface area contributed by atoms with Crippen LogP contribution < -0.4 is 10.6 Å². The Bertz CT molecular complexity index is 1040. The number of hydrogen-bond donors (Lipinski definition) is 2. The number of rotatable bonds is 4. The van der Waals surface area contributed by atoms with Gasteiger partial charge in [-0.25, -0.2) is 9.18 Å². The molecule has 0 radical (unpaired) electrons. The fourth-order valence-corrected chi connectivity index (χ4v) is 5.09. The summed E-state index contributed by atoms with van der Waals surface area (Å²) in [5.74, 6) is -1.83. The Morgan fingerprint density at radius 3 is 2.24 bits per heavy atom. The van der Waals surface area contributed by atoms with Crippen molar-refractivity contribution >= 4 is 11.9 Å². The summed E-state index contributed by atoms with van der Waals surface area (Å²) < 4.78 is 61.3. The normalized spacial score (nSPS) is 22.0. The fraction of sp³-hybridized carbons (Fsp3) is 0.417.